The average molecular weight is 529 g/mol. The summed E-state index contributed by atoms with van der Waals surface area (Å²) in [5.74, 6) is 2.03. The van der Waals surface area contributed by atoms with Crippen LogP contribution in [0.3, 0.4) is 0 Å². The fourth-order valence-corrected chi connectivity index (χ4v) is 5.29. The Morgan fingerprint density at radius 1 is 0.947 bits per heavy atom. The number of para-hydroxylation sites is 1. The molecule has 5 rings (SSSR count). The molecule has 0 saturated carbocycles. The van der Waals surface area contributed by atoms with Crippen LogP contribution in [0.15, 0.2) is 82.9 Å². The maximum Gasteiger partial charge on any atom is 0.276 e. The van der Waals surface area contributed by atoms with Crippen LogP contribution >= 0.6 is 11.8 Å². The first-order valence-corrected chi connectivity index (χ1v) is 14.1. The van der Waals surface area contributed by atoms with E-state index in [-0.39, 0.29) is 5.91 Å². The fraction of sp³-hybridized carbons (Fsp3) is 0.300. The molecule has 1 atom stereocenters. The molecule has 0 saturated heterocycles. The van der Waals surface area contributed by atoms with Crippen molar-refractivity contribution >= 4 is 28.5 Å². The van der Waals surface area contributed by atoms with Gasteiger partial charge in [-0.05, 0) is 37.1 Å². The van der Waals surface area contributed by atoms with Crippen LogP contribution in [0.25, 0.3) is 5.70 Å². The van der Waals surface area contributed by atoms with Gasteiger partial charge in [0, 0.05) is 16.5 Å². The first-order chi connectivity index (χ1) is 18.7. The fourth-order valence-electron chi connectivity index (χ4n) is 4.44. The molecule has 0 aromatic heterocycles. The van der Waals surface area contributed by atoms with Gasteiger partial charge in [0.2, 0.25) is 0 Å². The summed E-state index contributed by atoms with van der Waals surface area (Å²) in [7, 11) is 0. The lowest BCUT2D eigenvalue weighted by atomic mass is 10.1. The SMILES string of the molecule is CCCCCSC1=NN2C(=c3ccccc3=N[C@H]2c2ccc(OCc3ccccc3)c(OCC)c2)C(=O)N1. The number of hydrogen-bond donors (Lipinski definition) is 1. The number of thioether (sulfide) groups is 1. The van der Waals surface area contributed by atoms with Crippen molar-refractivity contribution in [3.8, 4) is 11.5 Å². The lowest BCUT2D eigenvalue weighted by Gasteiger charge is -2.34. The number of nitrogens with one attached hydrogen (secondary N) is 1. The molecule has 2 heterocycles. The molecule has 0 bridgehead atoms. The van der Waals surface area contributed by atoms with Crippen molar-refractivity contribution in [1.29, 1.82) is 0 Å². The Labute approximate surface area is 227 Å². The van der Waals surface area contributed by atoms with E-state index in [1.54, 1.807) is 16.8 Å². The Bertz CT molecular complexity index is 1440. The molecule has 0 aliphatic carbocycles. The molecule has 1 N–H and O–H groups in total. The molecule has 2 aliphatic rings. The first-order valence-electron chi connectivity index (χ1n) is 13.1. The van der Waals surface area contributed by atoms with Crippen LogP contribution in [0.2, 0.25) is 0 Å². The molecule has 0 unspecified atom stereocenters. The van der Waals surface area contributed by atoms with Crippen molar-refractivity contribution < 1.29 is 14.3 Å². The summed E-state index contributed by atoms with van der Waals surface area (Å²) in [6.45, 7) is 5.06. The molecule has 2 aliphatic heterocycles. The molecular formula is C30H32N4O3S. The lowest BCUT2D eigenvalue weighted by molar-refractivity contribution is -0.116. The zero-order valence-electron chi connectivity index (χ0n) is 21.7. The van der Waals surface area contributed by atoms with Crippen LogP contribution in [0.1, 0.15) is 50.4 Å². The summed E-state index contributed by atoms with van der Waals surface area (Å²) in [5.41, 5.74) is 2.44. The van der Waals surface area contributed by atoms with Gasteiger partial charge in [-0.3, -0.25) is 15.1 Å². The Morgan fingerprint density at radius 3 is 2.58 bits per heavy atom. The van der Waals surface area contributed by atoms with Gasteiger partial charge in [0.1, 0.15) is 12.3 Å². The number of ether oxygens (including phenoxy) is 2. The van der Waals surface area contributed by atoms with E-state index in [0.717, 1.165) is 46.7 Å². The summed E-state index contributed by atoms with van der Waals surface area (Å²) in [6.07, 6.45) is 2.86. The average Bonchev–Trinajstić information content (AvgIpc) is 2.95. The molecule has 0 spiro atoms. The Hall–Kier alpha value is -3.78. The van der Waals surface area contributed by atoms with E-state index < -0.39 is 6.17 Å². The van der Waals surface area contributed by atoms with Gasteiger partial charge in [0.25, 0.3) is 5.91 Å². The summed E-state index contributed by atoms with van der Waals surface area (Å²) < 4.78 is 12.1. The number of hydrogen-bond acceptors (Lipinski definition) is 7. The quantitative estimate of drug-likeness (QED) is 0.385. The number of carbonyl (C=O) groups is 1. The van der Waals surface area contributed by atoms with Gasteiger partial charge in [0.05, 0.1) is 12.0 Å². The van der Waals surface area contributed by atoms with Gasteiger partial charge < -0.3 is 9.47 Å². The van der Waals surface area contributed by atoms with Crippen LogP contribution in [0.5, 0.6) is 11.5 Å². The number of rotatable bonds is 10. The molecule has 7 nitrogen and oxygen atoms in total. The predicted octanol–water partition coefficient (Wildman–Crippen LogP) is 4.73. The first kappa shape index (κ1) is 25.9. The second-order valence-corrected chi connectivity index (χ2v) is 10.1. The van der Waals surface area contributed by atoms with Crippen LogP contribution in [0, 0.1) is 0 Å². The number of nitrogens with zero attached hydrogens (tertiary/aromatic N) is 3. The zero-order chi connectivity index (χ0) is 26.3. The van der Waals surface area contributed by atoms with Gasteiger partial charge in [-0.25, -0.2) is 5.01 Å². The van der Waals surface area contributed by atoms with E-state index >= 15 is 0 Å². The van der Waals surface area contributed by atoms with Crippen molar-refractivity contribution in [2.45, 2.75) is 45.9 Å². The summed E-state index contributed by atoms with van der Waals surface area (Å²) in [5, 5.41) is 11.7. The maximum absolute atomic E-state index is 13.3. The van der Waals surface area contributed by atoms with Gasteiger partial charge in [-0.15, -0.1) is 5.10 Å². The molecule has 0 fully saturated rings. The smallest absolute Gasteiger partial charge is 0.276 e. The highest BCUT2D eigenvalue weighted by molar-refractivity contribution is 8.13. The molecule has 3 aromatic rings. The Kier molecular flexibility index (Phi) is 8.28. The number of fused-ring (bicyclic) bond motifs is 2. The molecule has 0 radical (unpaired) electrons. The third kappa shape index (κ3) is 5.70. The van der Waals surface area contributed by atoms with Gasteiger partial charge in [-0.1, -0.05) is 86.1 Å². The van der Waals surface area contributed by atoms with Crippen LogP contribution in [-0.4, -0.2) is 28.4 Å². The van der Waals surface area contributed by atoms with Crippen molar-refractivity contribution in [2.75, 3.05) is 12.4 Å². The molecule has 8 heteroatoms. The second kappa shape index (κ2) is 12.2. The number of carbonyl (C=O) groups excluding carboxylic acids is 1. The summed E-state index contributed by atoms with van der Waals surface area (Å²) >= 11 is 1.57. The largest absolute Gasteiger partial charge is 0.490 e. The zero-order valence-corrected chi connectivity index (χ0v) is 22.5. The topological polar surface area (TPSA) is 75.5 Å². The molecule has 196 valence electrons. The highest BCUT2D eigenvalue weighted by atomic mass is 32.2. The van der Waals surface area contributed by atoms with E-state index in [9.17, 15) is 4.79 Å². The highest BCUT2D eigenvalue weighted by Gasteiger charge is 2.34. The number of amidine groups is 1. The van der Waals surface area contributed by atoms with Crippen LogP contribution < -0.4 is 25.4 Å². The summed E-state index contributed by atoms with van der Waals surface area (Å²) in [6, 6.07) is 23.5. The predicted molar refractivity (Wildman–Crippen MR) is 151 cm³/mol. The molecular weight excluding hydrogens is 496 g/mol. The molecule has 38 heavy (non-hydrogen) atoms. The van der Waals surface area contributed by atoms with E-state index in [1.165, 1.54) is 0 Å². The third-order valence-electron chi connectivity index (χ3n) is 6.30. The van der Waals surface area contributed by atoms with Crippen LogP contribution in [0.4, 0.5) is 0 Å². The number of unbranched alkanes of at least 4 members (excludes halogenated alkanes) is 2. The Balaban J connectivity index is 1.49. The standard InChI is InChI=1S/C30H32N4O3S/c1-3-5-11-18-38-30-32-29(35)27-23-14-9-10-15-24(23)31-28(34(27)33-30)22-16-17-25(26(19-22)36-4-2)37-20-21-12-7-6-8-13-21/h6-10,12-17,19,28H,3-5,11,18,20H2,1-2H3,(H,32,33,35)/t28-/m1/s1. The Morgan fingerprint density at radius 2 is 1.76 bits per heavy atom. The van der Waals surface area contributed by atoms with Gasteiger partial charge >= 0.3 is 0 Å². The van der Waals surface area contributed by atoms with Crippen molar-refractivity contribution in [2.24, 2.45) is 10.1 Å². The highest BCUT2D eigenvalue weighted by Crippen LogP contribution is 2.36. The lowest BCUT2D eigenvalue weighted by Crippen LogP contribution is -2.50. The van der Waals surface area contributed by atoms with E-state index in [4.69, 9.17) is 19.6 Å². The maximum atomic E-state index is 13.3. The number of amides is 1. The van der Waals surface area contributed by atoms with Gasteiger partial charge in [0.15, 0.2) is 22.8 Å². The van der Waals surface area contributed by atoms with Crippen molar-refractivity contribution in [1.82, 2.24) is 10.3 Å². The van der Waals surface area contributed by atoms with E-state index in [1.807, 2.05) is 79.7 Å². The van der Waals surface area contributed by atoms with E-state index in [2.05, 4.69) is 12.2 Å². The summed E-state index contributed by atoms with van der Waals surface area (Å²) in [4.78, 5) is 18.4. The number of hydrazone groups is 1. The minimum absolute atomic E-state index is 0.168. The van der Waals surface area contributed by atoms with Gasteiger partial charge in [-0.2, -0.15) is 0 Å². The van der Waals surface area contributed by atoms with E-state index in [0.29, 0.717) is 35.6 Å². The third-order valence-corrected chi connectivity index (χ3v) is 7.25. The minimum Gasteiger partial charge on any atom is -0.490 e. The second-order valence-electron chi connectivity index (χ2n) is 9.04. The molecule has 3 aromatic carbocycles. The van der Waals surface area contributed by atoms with Crippen molar-refractivity contribution in [3.05, 3.63) is 94.5 Å². The monoisotopic (exact) mass is 528 g/mol. The minimum atomic E-state index is -0.514. The van der Waals surface area contributed by atoms with Crippen LogP contribution in [-0.2, 0) is 11.4 Å². The van der Waals surface area contributed by atoms with Crippen molar-refractivity contribution in [3.63, 3.8) is 0 Å². The molecule has 1 amide bonds. The number of benzene rings is 3. The normalized spacial score (nSPS) is 16.1.